The number of para-hydroxylation sites is 1. The van der Waals surface area contributed by atoms with Crippen LogP contribution in [0.3, 0.4) is 0 Å². The Bertz CT molecular complexity index is 797. The minimum absolute atomic E-state index is 0.00284. The zero-order valence-corrected chi connectivity index (χ0v) is 14.2. The Hall–Kier alpha value is -2.35. The second kappa shape index (κ2) is 5.34. The molecule has 1 fully saturated rings. The number of nitrogens with zero attached hydrogens (tertiary/aromatic N) is 1. The fraction of sp³-hybridized carbons (Fsp3) is 0.318. The molecule has 24 heavy (non-hydrogen) atoms. The summed E-state index contributed by atoms with van der Waals surface area (Å²) in [6.45, 7) is 6.11. The molecule has 1 aliphatic heterocycles. The molecule has 2 atom stereocenters. The molecule has 0 N–H and O–H groups in total. The molecule has 1 amide bonds. The summed E-state index contributed by atoms with van der Waals surface area (Å²) in [4.78, 5) is 15.0. The van der Waals surface area contributed by atoms with Gasteiger partial charge in [0.2, 0.25) is 0 Å². The minimum Gasteiger partial charge on any atom is -0.297 e. The normalized spacial score (nSPS) is 28.1. The highest BCUT2D eigenvalue weighted by Gasteiger charge is 2.62. The third-order valence-corrected chi connectivity index (χ3v) is 6.15. The smallest absolute Gasteiger partial charge is 0.251 e. The van der Waals surface area contributed by atoms with E-state index in [0.29, 0.717) is 0 Å². The highest BCUT2D eigenvalue weighted by Crippen LogP contribution is 2.63. The minimum atomic E-state index is -0.318. The molecule has 4 rings (SSSR count). The predicted octanol–water partition coefficient (Wildman–Crippen LogP) is 4.95. The van der Waals surface area contributed by atoms with E-state index in [1.807, 2.05) is 17.0 Å². The van der Waals surface area contributed by atoms with Crippen molar-refractivity contribution in [3.8, 4) is 0 Å². The SMILES string of the molecule is C=CC(=O)N1c2ccccc2C2(C)CCCCC12c1ccccc1. The number of benzene rings is 2. The fourth-order valence-corrected chi connectivity index (χ4v) is 5.10. The fourth-order valence-electron chi connectivity index (χ4n) is 5.10. The molecule has 0 radical (unpaired) electrons. The average molecular weight is 317 g/mol. The van der Waals surface area contributed by atoms with Gasteiger partial charge in [-0.25, -0.2) is 0 Å². The lowest BCUT2D eigenvalue weighted by Crippen LogP contribution is -2.57. The Balaban J connectivity index is 2.06. The first-order valence-electron chi connectivity index (χ1n) is 8.77. The maximum Gasteiger partial charge on any atom is 0.251 e. The maximum atomic E-state index is 13.0. The van der Waals surface area contributed by atoms with Gasteiger partial charge in [0.1, 0.15) is 0 Å². The van der Waals surface area contributed by atoms with Crippen molar-refractivity contribution in [2.45, 2.75) is 43.6 Å². The molecule has 0 spiro atoms. The van der Waals surface area contributed by atoms with Gasteiger partial charge in [0.25, 0.3) is 5.91 Å². The number of rotatable bonds is 2. The van der Waals surface area contributed by atoms with Gasteiger partial charge in [-0.15, -0.1) is 0 Å². The van der Waals surface area contributed by atoms with Crippen LogP contribution in [0.25, 0.3) is 0 Å². The third kappa shape index (κ3) is 1.74. The van der Waals surface area contributed by atoms with Crippen molar-refractivity contribution in [2.75, 3.05) is 4.90 Å². The molecule has 2 heteroatoms. The van der Waals surface area contributed by atoms with Crippen LogP contribution in [-0.2, 0) is 15.7 Å². The molecular formula is C22H23NO. The van der Waals surface area contributed by atoms with Crippen molar-refractivity contribution < 1.29 is 4.79 Å². The zero-order valence-electron chi connectivity index (χ0n) is 14.2. The molecule has 1 saturated carbocycles. The van der Waals surface area contributed by atoms with Crippen molar-refractivity contribution >= 4 is 11.6 Å². The molecule has 2 aromatic rings. The Morgan fingerprint density at radius 2 is 1.71 bits per heavy atom. The number of carbonyl (C=O) groups excluding carboxylic acids is 1. The van der Waals surface area contributed by atoms with E-state index in [0.717, 1.165) is 24.9 Å². The highest BCUT2D eigenvalue weighted by molar-refractivity contribution is 6.05. The molecule has 0 saturated heterocycles. The van der Waals surface area contributed by atoms with Crippen molar-refractivity contribution in [2.24, 2.45) is 0 Å². The molecule has 0 bridgehead atoms. The van der Waals surface area contributed by atoms with Crippen LogP contribution in [0.1, 0.15) is 43.7 Å². The van der Waals surface area contributed by atoms with E-state index in [4.69, 9.17) is 0 Å². The van der Waals surface area contributed by atoms with Gasteiger partial charge < -0.3 is 0 Å². The van der Waals surface area contributed by atoms with E-state index in [1.165, 1.54) is 23.6 Å². The first kappa shape index (κ1) is 15.2. The molecule has 2 aliphatic rings. The van der Waals surface area contributed by atoms with Crippen molar-refractivity contribution in [3.05, 3.63) is 78.4 Å². The van der Waals surface area contributed by atoms with Gasteiger partial charge >= 0.3 is 0 Å². The molecule has 1 heterocycles. The summed E-state index contributed by atoms with van der Waals surface area (Å²) in [5.74, 6) is -0.00284. The van der Waals surface area contributed by atoms with Gasteiger partial charge in [-0.05, 0) is 36.1 Å². The molecule has 2 unspecified atom stereocenters. The lowest BCUT2D eigenvalue weighted by atomic mass is 9.58. The quantitative estimate of drug-likeness (QED) is 0.718. The summed E-state index contributed by atoms with van der Waals surface area (Å²) in [7, 11) is 0. The Kier molecular flexibility index (Phi) is 3.38. The highest BCUT2D eigenvalue weighted by atomic mass is 16.2. The standard InChI is InChI=1S/C22H23NO/c1-3-20(24)23-19-14-8-7-13-18(19)21(2)15-9-10-16-22(21,23)17-11-5-4-6-12-17/h3-8,11-14H,1,9-10,15-16H2,2H3. The number of carbonyl (C=O) groups is 1. The van der Waals surface area contributed by atoms with Crippen LogP contribution in [0.4, 0.5) is 5.69 Å². The van der Waals surface area contributed by atoms with E-state index >= 15 is 0 Å². The lowest BCUT2D eigenvalue weighted by Gasteiger charge is -2.51. The second-order valence-electron chi connectivity index (χ2n) is 7.16. The summed E-state index contributed by atoms with van der Waals surface area (Å²) in [5, 5.41) is 0. The van der Waals surface area contributed by atoms with E-state index in [-0.39, 0.29) is 16.9 Å². The number of anilines is 1. The molecule has 2 nitrogen and oxygen atoms in total. The van der Waals surface area contributed by atoms with Gasteiger partial charge in [0.15, 0.2) is 0 Å². The number of hydrogen-bond donors (Lipinski definition) is 0. The average Bonchev–Trinajstić information content (AvgIpc) is 2.88. The van der Waals surface area contributed by atoms with Crippen molar-refractivity contribution in [3.63, 3.8) is 0 Å². The molecule has 0 aromatic heterocycles. The lowest BCUT2D eigenvalue weighted by molar-refractivity contribution is -0.116. The number of amides is 1. The third-order valence-electron chi connectivity index (χ3n) is 6.15. The first-order chi connectivity index (χ1) is 11.6. The zero-order chi connectivity index (χ0) is 16.8. The summed E-state index contributed by atoms with van der Waals surface area (Å²) in [6.07, 6.45) is 5.89. The Morgan fingerprint density at radius 1 is 1.04 bits per heavy atom. The number of hydrogen-bond acceptors (Lipinski definition) is 1. The van der Waals surface area contributed by atoms with Gasteiger partial charge in [-0.1, -0.05) is 74.9 Å². The molecule has 122 valence electrons. The largest absolute Gasteiger partial charge is 0.297 e. The van der Waals surface area contributed by atoms with Gasteiger partial charge in [-0.3, -0.25) is 9.69 Å². The monoisotopic (exact) mass is 317 g/mol. The molecule has 1 aliphatic carbocycles. The number of fused-ring (bicyclic) bond motifs is 3. The van der Waals surface area contributed by atoms with Crippen LogP contribution in [0.2, 0.25) is 0 Å². The van der Waals surface area contributed by atoms with Crippen LogP contribution >= 0.6 is 0 Å². The van der Waals surface area contributed by atoms with Crippen LogP contribution in [0.15, 0.2) is 67.3 Å². The van der Waals surface area contributed by atoms with Crippen LogP contribution < -0.4 is 4.90 Å². The first-order valence-corrected chi connectivity index (χ1v) is 8.77. The van der Waals surface area contributed by atoms with Crippen LogP contribution in [0.5, 0.6) is 0 Å². The van der Waals surface area contributed by atoms with E-state index in [2.05, 4.69) is 56.0 Å². The van der Waals surface area contributed by atoms with Gasteiger partial charge in [0.05, 0.1) is 5.54 Å². The van der Waals surface area contributed by atoms with Crippen molar-refractivity contribution in [1.82, 2.24) is 0 Å². The van der Waals surface area contributed by atoms with Crippen LogP contribution in [0, 0.1) is 0 Å². The van der Waals surface area contributed by atoms with Crippen molar-refractivity contribution in [1.29, 1.82) is 0 Å². The topological polar surface area (TPSA) is 20.3 Å². The Morgan fingerprint density at radius 3 is 2.46 bits per heavy atom. The summed E-state index contributed by atoms with van der Waals surface area (Å²) < 4.78 is 0. The summed E-state index contributed by atoms with van der Waals surface area (Å²) in [5.41, 5.74) is 3.20. The van der Waals surface area contributed by atoms with E-state index in [1.54, 1.807) is 0 Å². The summed E-state index contributed by atoms with van der Waals surface area (Å²) in [6, 6.07) is 19.0. The maximum absolute atomic E-state index is 13.0. The Labute approximate surface area is 143 Å². The van der Waals surface area contributed by atoms with E-state index in [9.17, 15) is 4.79 Å². The van der Waals surface area contributed by atoms with Crippen LogP contribution in [-0.4, -0.2) is 5.91 Å². The van der Waals surface area contributed by atoms with E-state index < -0.39 is 0 Å². The van der Waals surface area contributed by atoms with Gasteiger partial charge in [0, 0.05) is 11.1 Å². The van der Waals surface area contributed by atoms with Gasteiger partial charge in [-0.2, -0.15) is 0 Å². The predicted molar refractivity (Wildman–Crippen MR) is 98.1 cm³/mol. The molecule has 2 aromatic carbocycles. The second-order valence-corrected chi connectivity index (χ2v) is 7.16. The summed E-state index contributed by atoms with van der Waals surface area (Å²) >= 11 is 0. The molecular weight excluding hydrogens is 294 g/mol.